The van der Waals surface area contributed by atoms with Gasteiger partial charge in [0.1, 0.15) is 11.2 Å². The zero-order chi connectivity index (χ0) is 44.8. The summed E-state index contributed by atoms with van der Waals surface area (Å²) in [6.07, 6.45) is 0. The van der Waals surface area contributed by atoms with Crippen molar-refractivity contribution in [2.75, 3.05) is 0 Å². The zero-order valence-corrected chi connectivity index (χ0v) is 36.9. The van der Waals surface area contributed by atoms with Crippen molar-refractivity contribution >= 4 is 21.9 Å². The first-order chi connectivity index (χ1) is 33.7. The second-order valence-corrected chi connectivity index (χ2v) is 18.0. The summed E-state index contributed by atoms with van der Waals surface area (Å²) in [7, 11) is 0. The number of benzene rings is 10. The van der Waals surface area contributed by atoms with Crippen molar-refractivity contribution in [3.63, 3.8) is 0 Å². The molecule has 3 nitrogen and oxygen atoms in total. The molecule has 2 aliphatic carbocycles. The third-order valence-corrected chi connectivity index (χ3v) is 14.3. The molecule has 0 atom stereocenters. The van der Waals surface area contributed by atoms with Crippen molar-refractivity contribution < 1.29 is 4.42 Å². The normalized spacial score (nSPS) is 12.8. The van der Waals surface area contributed by atoms with E-state index in [1.54, 1.807) is 0 Å². The molecule has 0 radical (unpaired) electrons. The van der Waals surface area contributed by atoms with Crippen LogP contribution in [-0.4, -0.2) is 9.97 Å². The van der Waals surface area contributed by atoms with Crippen LogP contribution >= 0.6 is 0 Å². The van der Waals surface area contributed by atoms with Crippen molar-refractivity contribution in [1.29, 1.82) is 0 Å². The van der Waals surface area contributed by atoms with Gasteiger partial charge in [-0.2, -0.15) is 0 Å². The van der Waals surface area contributed by atoms with Crippen molar-refractivity contribution in [2.24, 2.45) is 0 Å². The van der Waals surface area contributed by atoms with Gasteiger partial charge in [0.05, 0.1) is 16.8 Å². The Hall–Kier alpha value is -8.92. The van der Waals surface area contributed by atoms with E-state index < -0.39 is 5.41 Å². The van der Waals surface area contributed by atoms with Gasteiger partial charge in [-0.1, -0.05) is 194 Å². The molecule has 0 N–H and O–H groups in total. The van der Waals surface area contributed by atoms with Crippen LogP contribution in [0.25, 0.3) is 111 Å². The third-order valence-electron chi connectivity index (χ3n) is 14.3. The maximum Gasteiger partial charge on any atom is 0.160 e. The smallest absolute Gasteiger partial charge is 0.160 e. The monoisotopic (exact) mass is 864 g/mol. The maximum absolute atomic E-state index is 6.24. The van der Waals surface area contributed by atoms with E-state index in [4.69, 9.17) is 14.4 Å². The molecule has 3 heteroatoms. The van der Waals surface area contributed by atoms with Gasteiger partial charge in [-0.15, -0.1) is 0 Å². The summed E-state index contributed by atoms with van der Waals surface area (Å²) >= 11 is 0. The van der Waals surface area contributed by atoms with Gasteiger partial charge in [0.2, 0.25) is 0 Å². The molecule has 0 saturated carbocycles. The Bertz CT molecular complexity index is 3930. The Balaban J connectivity index is 0.947. The van der Waals surface area contributed by atoms with Gasteiger partial charge in [0.25, 0.3) is 0 Å². The van der Waals surface area contributed by atoms with Gasteiger partial charge in [0.15, 0.2) is 5.82 Å². The van der Waals surface area contributed by atoms with Crippen LogP contribution in [0.15, 0.2) is 247 Å². The van der Waals surface area contributed by atoms with E-state index in [1.807, 2.05) is 18.2 Å². The molecule has 2 heterocycles. The highest BCUT2D eigenvalue weighted by molar-refractivity contribution is 6.06. The Morgan fingerprint density at radius 1 is 0.279 bits per heavy atom. The van der Waals surface area contributed by atoms with Crippen LogP contribution in [0.5, 0.6) is 0 Å². The molecule has 68 heavy (non-hydrogen) atoms. The Kier molecular flexibility index (Phi) is 8.50. The van der Waals surface area contributed by atoms with Gasteiger partial charge < -0.3 is 4.42 Å². The van der Waals surface area contributed by atoms with Crippen LogP contribution in [0.4, 0.5) is 0 Å². The first-order valence-corrected chi connectivity index (χ1v) is 23.3. The molecule has 0 unspecified atom stereocenters. The number of furan rings is 1. The maximum atomic E-state index is 6.24. The standard InChI is InChI=1S/C65H40N2O/c1-3-17-41(18-4-1)46-36-47(43-33-34-62-54(39-43)52-25-10-14-32-61(52)68-62)38-48(37-46)60-40-59(66-64(67-60)42-19-5-2-6-20-42)45-22-15-21-44(35-45)49-27-16-31-58-63(49)53-26-9-13-30-57(53)65(58)55-28-11-7-23-50(55)51-24-8-12-29-56(51)65/h1-40H. The minimum Gasteiger partial charge on any atom is -0.456 e. The number of rotatable bonds is 6. The van der Waals surface area contributed by atoms with E-state index in [0.29, 0.717) is 5.82 Å². The number of hydrogen-bond acceptors (Lipinski definition) is 3. The predicted octanol–water partition coefficient (Wildman–Crippen LogP) is 16.7. The average molecular weight is 865 g/mol. The second-order valence-electron chi connectivity index (χ2n) is 18.0. The summed E-state index contributed by atoms with van der Waals surface area (Å²) < 4.78 is 6.24. The van der Waals surface area contributed by atoms with Crippen molar-refractivity contribution in [3.05, 3.63) is 265 Å². The molecular formula is C65H40N2O. The van der Waals surface area contributed by atoms with Crippen LogP contribution < -0.4 is 0 Å². The lowest BCUT2D eigenvalue weighted by Crippen LogP contribution is -2.25. The van der Waals surface area contributed by atoms with E-state index in [0.717, 1.165) is 77.8 Å². The molecule has 14 rings (SSSR count). The highest BCUT2D eigenvalue weighted by Gasteiger charge is 2.52. The van der Waals surface area contributed by atoms with E-state index in [2.05, 4.69) is 224 Å². The third kappa shape index (κ3) is 5.79. The van der Waals surface area contributed by atoms with E-state index >= 15 is 0 Å². The molecule has 0 amide bonds. The van der Waals surface area contributed by atoms with Crippen LogP contribution in [0.1, 0.15) is 22.3 Å². The summed E-state index contributed by atoms with van der Waals surface area (Å²) in [5.41, 5.74) is 23.4. The second kappa shape index (κ2) is 15.1. The Labute approximate surface area is 394 Å². The SMILES string of the molecule is c1ccc(-c2cc(-c3ccc4oc5ccccc5c4c3)cc(-c3cc(-c4cccc(-c5cccc6c5-c5ccccc5C65c6ccccc6-c6ccccc65)c4)nc(-c4ccccc4)n3)c2)cc1. The molecule has 0 aliphatic heterocycles. The van der Waals surface area contributed by atoms with Gasteiger partial charge in [-0.3, -0.25) is 0 Å². The summed E-state index contributed by atoms with van der Waals surface area (Å²) in [5.74, 6) is 0.677. The fourth-order valence-electron chi connectivity index (χ4n) is 11.3. The number of para-hydroxylation sites is 1. The molecule has 10 aromatic carbocycles. The lowest BCUT2D eigenvalue weighted by molar-refractivity contribution is 0.669. The van der Waals surface area contributed by atoms with Gasteiger partial charge >= 0.3 is 0 Å². The quantitative estimate of drug-likeness (QED) is 0.167. The number of aromatic nitrogens is 2. The topological polar surface area (TPSA) is 38.9 Å². The zero-order valence-electron chi connectivity index (χ0n) is 36.9. The number of fused-ring (bicyclic) bond motifs is 13. The molecule has 316 valence electrons. The first kappa shape index (κ1) is 38.4. The Morgan fingerprint density at radius 2 is 0.779 bits per heavy atom. The minimum absolute atomic E-state index is 0.413. The summed E-state index contributed by atoms with van der Waals surface area (Å²) in [5, 5.41) is 2.21. The summed E-state index contributed by atoms with van der Waals surface area (Å²) in [4.78, 5) is 10.7. The fraction of sp³-hybridized carbons (Fsp3) is 0.0154. The lowest BCUT2D eigenvalue weighted by Gasteiger charge is -2.30. The van der Waals surface area contributed by atoms with Crippen LogP contribution in [-0.2, 0) is 5.41 Å². The van der Waals surface area contributed by atoms with Crippen LogP contribution in [0.3, 0.4) is 0 Å². The fourth-order valence-corrected chi connectivity index (χ4v) is 11.3. The van der Waals surface area contributed by atoms with E-state index in [-0.39, 0.29) is 0 Å². The largest absolute Gasteiger partial charge is 0.456 e. The van der Waals surface area contributed by atoms with E-state index in [9.17, 15) is 0 Å². The van der Waals surface area contributed by atoms with E-state index in [1.165, 1.54) is 50.1 Å². The molecule has 0 bridgehead atoms. The van der Waals surface area contributed by atoms with Gasteiger partial charge in [-0.05, 0) is 126 Å². The summed E-state index contributed by atoms with van der Waals surface area (Å²) in [6, 6.07) is 87.5. The predicted molar refractivity (Wildman–Crippen MR) is 278 cm³/mol. The molecule has 0 fully saturated rings. The molecule has 0 saturated heterocycles. The minimum atomic E-state index is -0.413. The van der Waals surface area contributed by atoms with Gasteiger partial charge in [-0.25, -0.2) is 9.97 Å². The molecule has 1 spiro atoms. The van der Waals surface area contributed by atoms with Crippen LogP contribution in [0, 0.1) is 0 Å². The molecule has 2 aromatic heterocycles. The summed E-state index contributed by atoms with van der Waals surface area (Å²) in [6.45, 7) is 0. The highest BCUT2D eigenvalue weighted by atomic mass is 16.3. The van der Waals surface area contributed by atoms with Gasteiger partial charge in [0, 0.05) is 27.5 Å². The van der Waals surface area contributed by atoms with Crippen LogP contribution in [0.2, 0.25) is 0 Å². The molecule has 2 aliphatic rings. The average Bonchev–Trinajstić information content (AvgIpc) is 4.05. The number of nitrogens with zero attached hydrogens (tertiary/aromatic N) is 2. The molecular weight excluding hydrogens is 825 g/mol. The Morgan fingerprint density at radius 3 is 1.53 bits per heavy atom. The number of hydrogen-bond donors (Lipinski definition) is 0. The van der Waals surface area contributed by atoms with Crippen molar-refractivity contribution in [1.82, 2.24) is 9.97 Å². The van der Waals surface area contributed by atoms with Crippen molar-refractivity contribution in [3.8, 4) is 89.5 Å². The first-order valence-electron chi connectivity index (χ1n) is 23.3. The lowest BCUT2D eigenvalue weighted by atomic mass is 9.70. The highest BCUT2D eigenvalue weighted by Crippen LogP contribution is 2.64. The van der Waals surface area contributed by atoms with Crippen molar-refractivity contribution in [2.45, 2.75) is 5.41 Å². The molecule has 12 aromatic rings.